The maximum atomic E-state index is 10.9. The summed E-state index contributed by atoms with van der Waals surface area (Å²) in [6.45, 7) is 0. The topological polar surface area (TPSA) is 81.8 Å². The molecular formula is C21H23NO5. The van der Waals surface area contributed by atoms with Crippen molar-refractivity contribution < 1.29 is 19.5 Å². The van der Waals surface area contributed by atoms with Gasteiger partial charge in [0.15, 0.2) is 17.2 Å². The van der Waals surface area contributed by atoms with E-state index in [1.807, 2.05) is 24.3 Å². The van der Waals surface area contributed by atoms with Crippen LogP contribution in [0.3, 0.4) is 0 Å². The van der Waals surface area contributed by atoms with Crippen molar-refractivity contribution in [2.75, 3.05) is 14.2 Å². The fraction of sp³-hybridized carbons (Fsp3) is 0.238. The van der Waals surface area contributed by atoms with E-state index in [0.717, 1.165) is 30.4 Å². The second kappa shape index (κ2) is 10.0. The molecule has 0 amide bonds. The van der Waals surface area contributed by atoms with Gasteiger partial charge in [0.1, 0.15) is 0 Å². The molecule has 6 nitrogen and oxygen atoms in total. The molecule has 2 aromatic carbocycles. The number of nitro groups is 1. The van der Waals surface area contributed by atoms with E-state index in [0.29, 0.717) is 5.75 Å². The van der Waals surface area contributed by atoms with E-state index in [1.165, 1.54) is 20.3 Å². The van der Waals surface area contributed by atoms with Crippen molar-refractivity contribution in [1.82, 2.24) is 0 Å². The molecule has 0 aliphatic heterocycles. The van der Waals surface area contributed by atoms with Crippen molar-refractivity contribution in [1.29, 1.82) is 0 Å². The number of unbranched alkanes of at least 4 members (excludes halogenated alkanes) is 2. The van der Waals surface area contributed by atoms with Crippen LogP contribution in [0.2, 0.25) is 0 Å². The zero-order chi connectivity index (χ0) is 19.6. The fourth-order valence-corrected chi connectivity index (χ4v) is 2.54. The largest absolute Gasteiger partial charge is 0.504 e. The summed E-state index contributed by atoms with van der Waals surface area (Å²) in [5.41, 5.74) is 1.80. The maximum absolute atomic E-state index is 10.9. The number of phenols is 1. The van der Waals surface area contributed by atoms with Crippen molar-refractivity contribution in [2.24, 2.45) is 0 Å². The molecule has 0 spiro atoms. The smallest absolute Gasteiger partial charge is 0.310 e. The minimum atomic E-state index is -0.456. The Morgan fingerprint density at radius 1 is 0.963 bits per heavy atom. The van der Waals surface area contributed by atoms with Crippen molar-refractivity contribution in [2.45, 2.75) is 19.3 Å². The molecule has 6 heteroatoms. The average molecular weight is 369 g/mol. The predicted molar refractivity (Wildman–Crippen MR) is 106 cm³/mol. The Bertz CT molecular complexity index is 842. The summed E-state index contributed by atoms with van der Waals surface area (Å²) in [7, 11) is 2.95. The van der Waals surface area contributed by atoms with Gasteiger partial charge in [-0.3, -0.25) is 10.1 Å². The summed E-state index contributed by atoms with van der Waals surface area (Å²) in [4.78, 5) is 10.4. The molecule has 27 heavy (non-hydrogen) atoms. The molecule has 0 aliphatic carbocycles. The second-order valence-electron chi connectivity index (χ2n) is 5.86. The Balaban J connectivity index is 1.82. The third-order valence-electron chi connectivity index (χ3n) is 3.97. The lowest BCUT2D eigenvalue weighted by Crippen LogP contribution is -1.93. The molecule has 0 aromatic heterocycles. The number of aromatic hydroxyl groups is 1. The molecule has 0 fully saturated rings. The normalized spacial score (nSPS) is 11.2. The van der Waals surface area contributed by atoms with E-state index in [4.69, 9.17) is 9.47 Å². The van der Waals surface area contributed by atoms with Crippen molar-refractivity contribution in [3.63, 3.8) is 0 Å². The molecule has 0 radical (unpaired) electrons. The SMILES string of the molecule is COc1cc(/C=C/CCC/C=C/c2ccc([N+](=O)[O-])c(OC)c2)ccc1O. The maximum Gasteiger partial charge on any atom is 0.310 e. The zero-order valence-corrected chi connectivity index (χ0v) is 15.4. The second-order valence-corrected chi connectivity index (χ2v) is 5.86. The van der Waals surface area contributed by atoms with Gasteiger partial charge in [-0.05, 0) is 54.7 Å². The van der Waals surface area contributed by atoms with E-state index >= 15 is 0 Å². The lowest BCUT2D eigenvalue weighted by molar-refractivity contribution is -0.385. The zero-order valence-electron chi connectivity index (χ0n) is 15.4. The number of methoxy groups -OCH3 is 2. The summed E-state index contributed by atoms with van der Waals surface area (Å²) >= 11 is 0. The van der Waals surface area contributed by atoms with Crippen LogP contribution in [-0.2, 0) is 0 Å². The third kappa shape index (κ3) is 5.88. The predicted octanol–water partition coefficient (Wildman–Crippen LogP) is 5.21. The van der Waals surface area contributed by atoms with Crippen molar-refractivity contribution in [3.05, 3.63) is 69.8 Å². The number of ether oxygens (including phenoxy) is 2. The average Bonchev–Trinajstić information content (AvgIpc) is 2.68. The molecule has 0 atom stereocenters. The van der Waals surface area contributed by atoms with Crippen LogP contribution in [-0.4, -0.2) is 24.2 Å². The number of rotatable bonds is 9. The minimum Gasteiger partial charge on any atom is -0.504 e. The molecule has 0 heterocycles. The molecular weight excluding hydrogens is 346 g/mol. The Morgan fingerprint density at radius 2 is 1.52 bits per heavy atom. The number of phenolic OH excluding ortho intramolecular Hbond substituents is 1. The van der Waals surface area contributed by atoms with Crippen LogP contribution in [0.25, 0.3) is 12.2 Å². The number of allylic oxidation sites excluding steroid dienone is 2. The Morgan fingerprint density at radius 3 is 2.07 bits per heavy atom. The van der Waals surface area contributed by atoms with E-state index in [2.05, 4.69) is 6.08 Å². The lowest BCUT2D eigenvalue weighted by atomic mass is 10.1. The summed E-state index contributed by atoms with van der Waals surface area (Å²) in [5, 5.41) is 20.5. The molecule has 0 bridgehead atoms. The van der Waals surface area contributed by atoms with Crippen LogP contribution < -0.4 is 9.47 Å². The fourth-order valence-electron chi connectivity index (χ4n) is 2.54. The Kier molecular flexibility index (Phi) is 7.43. The number of hydrogen-bond donors (Lipinski definition) is 1. The molecule has 2 aromatic rings. The van der Waals surface area contributed by atoms with Gasteiger partial charge in [-0.15, -0.1) is 0 Å². The van der Waals surface area contributed by atoms with Gasteiger partial charge in [-0.25, -0.2) is 0 Å². The van der Waals surface area contributed by atoms with Crippen LogP contribution in [0.4, 0.5) is 5.69 Å². The molecule has 0 saturated heterocycles. The monoisotopic (exact) mass is 369 g/mol. The Hall–Kier alpha value is -3.28. The first-order valence-electron chi connectivity index (χ1n) is 8.57. The van der Waals surface area contributed by atoms with E-state index in [1.54, 1.807) is 24.3 Å². The van der Waals surface area contributed by atoms with Gasteiger partial charge < -0.3 is 14.6 Å². The molecule has 0 aliphatic rings. The summed E-state index contributed by atoms with van der Waals surface area (Å²) in [6, 6.07) is 10.0. The van der Waals surface area contributed by atoms with Crippen LogP contribution in [0.5, 0.6) is 17.2 Å². The first-order chi connectivity index (χ1) is 13.0. The Labute approximate surface area is 158 Å². The quantitative estimate of drug-likeness (QED) is 0.372. The van der Waals surface area contributed by atoms with Crippen LogP contribution in [0, 0.1) is 10.1 Å². The summed E-state index contributed by atoms with van der Waals surface area (Å²) in [6.07, 6.45) is 10.8. The number of nitrogens with zero attached hydrogens (tertiary/aromatic N) is 1. The highest BCUT2D eigenvalue weighted by atomic mass is 16.6. The third-order valence-corrected chi connectivity index (χ3v) is 3.97. The molecule has 1 N–H and O–H groups in total. The standard InChI is InChI=1S/C21H23NO5/c1-26-20-14-16(10-12-18(20)22(24)25)8-6-4-3-5-7-9-17-11-13-19(23)21(15-17)27-2/h6-15,23H,3-5H2,1-2H3/b8-6+,9-7+. The summed E-state index contributed by atoms with van der Waals surface area (Å²) in [5.74, 6) is 0.843. The molecule has 142 valence electrons. The number of hydrogen-bond acceptors (Lipinski definition) is 5. The molecule has 0 saturated carbocycles. The van der Waals surface area contributed by atoms with Gasteiger partial charge in [0, 0.05) is 6.07 Å². The molecule has 2 rings (SSSR count). The van der Waals surface area contributed by atoms with Gasteiger partial charge >= 0.3 is 5.69 Å². The lowest BCUT2D eigenvalue weighted by Gasteiger charge is -2.03. The first-order valence-corrected chi connectivity index (χ1v) is 8.57. The molecule has 0 unspecified atom stereocenters. The van der Waals surface area contributed by atoms with Crippen LogP contribution in [0.15, 0.2) is 48.6 Å². The number of benzene rings is 2. The minimum absolute atomic E-state index is 0.0364. The highest BCUT2D eigenvalue weighted by Crippen LogP contribution is 2.28. The van der Waals surface area contributed by atoms with Gasteiger partial charge in [0.05, 0.1) is 19.1 Å². The van der Waals surface area contributed by atoms with Gasteiger partial charge in [0.2, 0.25) is 0 Å². The van der Waals surface area contributed by atoms with Crippen molar-refractivity contribution >= 4 is 17.8 Å². The summed E-state index contributed by atoms with van der Waals surface area (Å²) < 4.78 is 10.1. The van der Waals surface area contributed by atoms with E-state index in [-0.39, 0.29) is 17.2 Å². The van der Waals surface area contributed by atoms with Crippen molar-refractivity contribution in [3.8, 4) is 17.2 Å². The van der Waals surface area contributed by atoms with Crippen LogP contribution >= 0.6 is 0 Å². The van der Waals surface area contributed by atoms with Gasteiger partial charge in [0.25, 0.3) is 0 Å². The highest BCUT2D eigenvalue weighted by molar-refractivity contribution is 5.58. The first kappa shape index (κ1) is 20.0. The van der Waals surface area contributed by atoms with Crippen LogP contribution in [0.1, 0.15) is 30.4 Å². The highest BCUT2D eigenvalue weighted by Gasteiger charge is 2.13. The van der Waals surface area contributed by atoms with Gasteiger partial charge in [-0.2, -0.15) is 0 Å². The van der Waals surface area contributed by atoms with E-state index < -0.39 is 4.92 Å². The van der Waals surface area contributed by atoms with Gasteiger partial charge in [-0.1, -0.05) is 30.4 Å². The number of nitro benzene ring substituents is 1. The van der Waals surface area contributed by atoms with E-state index in [9.17, 15) is 15.2 Å².